The molecule has 2 heterocycles. The summed E-state index contributed by atoms with van der Waals surface area (Å²) >= 11 is 0. The molecule has 0 radical (unpaired) electrons. The van der Waals surface area contributed by atoms with Crippen LogP contribution < -0.4 is 4.74 Å². The summed E-state index contributed by atoms with van der Waals surface area (Å²) in [6.45, 7) is 1.26. The number of aromatic nitrogens is 2. The Morgan fingerprint density at radius 2 is 2.21 bits per heavy atom. The highest BCUT2D eigenvalue weighted by Crippen LogP contribution is 2.33. The van der Waals surface area contributed by atoms with Crippen LogP contribution in [-0.4, -0.2) is 34.4 Å². The van der Waals surface area contributed by atoms with Crippen molar-refractivity contribution in [3.05, 3.63) is 28.4 Å². The van der Waals surface area contributed by atoms with Gasteiger partial charge in [0.25, 0.3) is 0 Å². The molecule has 100 valence electrons. The Balaban J connectivity index is 1.94. The Bertz CT molecular complexity index is 604. The number of aromatic amines is 1. The van der Waals surface area contributed by atoms with Crippen molar-refractivity contribution >= 4 is 16.6 Å². The Hall–Kier alpha value is -2.15. The number of nitro benzene ring substituents is 1. The van der Waals surface area contributed by atoms with E-state index in [0.717, 1.165) is 18.4 Å². The first-order valence-electron chi connectivity index (χ1n) is 6.10. The molecule has 0 saturated carbocycles. The van der Waals surface area contributed by atoms with Gasteiger partial charge in [-0.3, -0.25) is 15.2 Å². The molecule has 3 rings (SSSR count). The normalized spacial score (nSPS) is 16.6. The van der Waals surface area contributed by atoms with Gasteiger partial charge in [0.15, 0.2) is 5.75 Å². The molecule has 0 aliphatic carbocycles. The lowest BCUT2D eigenvalue weighted by atomic mass is 10.1. The SMILES string of the molecule is O=[N+]([O-])c1cc2cn[nH]c2cc1OC1CCOCC1. The minimum Gasteiger partial charge on any atom is -0.483 e. The second kappa shape index (κ2) is 4.85. The number of H-pyrrole nitrogens is 1. The molecule has 1 aromatic heterocycles. The third-order valence-corrected chi connectivity index (χ3v) is 3.18. The van der Waals surface area contributed by atoms with E-state index in [-0.39, 0.29) is 17.5 Å². The Morgan fingerprint density at radius 1 is 1.42 bits per heavy atom. The van der Waals surface area contributed by atoms with Crippen LogP contribution in [0.4, 0.5) is 5.69 Å². The molecule has 1 aliphatic heterocycles. The molecule has 0 spiro atoms. The molecule has 7 nitrogen and oxygen atoms in total. The Labute approximate surface area is 108 Å². The molecule has 1 aliphatic rings. The van der Waals surface area contributed by atoms with E-state index < -0.39 is 4.92 Å². The molecule has 0 atom stereocenters. The van der Waals surface area contributed by atoms with Crippen LogP contribution in [0.3, 0.4) is 0 Å². The van der Waals surface area contributed by atoms with Crippen molar-refractivity contribution in [2.75, 3.05) is 13.2 Å². The van der Waals surface area contributed by atoms with Gasteiger partial charge in [-0.1, -0.05) is 0 Å². The largest absolute Gasteiger partial charge is 0.483 e. The average Bonchev–Trinajstić information content (AvgIpc) is 2.86. The first kappa shape index (κ1) is 11.9. The van der Waals surface area contributed by atoms with Crippen molar-refractivity contribution in [3.63, 3.8) is 0 Å². The van der Waals surface area contributed by atoms with Gasteiger partial charge in [-0.05, 0) is 0 Å². The first-order valence-corrected chi connectivity index (χ1v) is 6.10. The maximum absolute atomic E-state index is 11.1. The molecule has 0 bridgehead atoms. The second-order valence-electron chi connectivity index (χ2n) is 4.46. The minimum atomic E-state index is -0.429. The van der Waals surface area contributed by atoms with Gasteiger partial charge in [0, 0.05) is 30.4 Å². The number of ether oxygens (including phenoxy) is 2. The molecule has 0 unspecified atom stereocenters. The smallest absolute Gasteiger partial charge is 0.311 e. The van der Waals surface area contributed by atoms with Gasteiger partial charge in [0.05, 0.1) is 29.9 Å². The standard InChI is InChI=1S/C12H13N3O4/c16-15(17)11-5-8-7-13-14-10(8)6-12(11)19-9-1-3-18-4-2-9/h5-7,9H,1-4H2,(H,13,14). The highest BCUT2D eigenvalue weighted by Gasteiger charge is 2.22. The van der Waals surface area contributed by atoms with Gasteiger partial charge in [0.2, 0.25) is 0 Å². The van der Waals surface area contributed by atoms with Gasteiger partial charge in [-0.2, -0.15) is 5.10 Å². The summed E-state index contributed by atoms with van der Waals surface area (Å²) in [5.74, 6) is 0.286. The predicted molar refractivity (Wildman–Crippen MR) is 67.2 cm³/mol. The zero-order valence-electron chi connectivity index (χ0n) is 10.2. The summed E-state index contributed by atoms with van der Waals surface area (Å²) in [5, 5.41) is 18.5. The number of fused-ring (bicyclic) bond motifs is 1. The van der Waals surface area contributed by atoms with Crippen LogP contribution in [0.2, 0.25) is 0 Å². The highest BCUT2D eigenvalue weighted by atomic mass is 16.6. The number of nitrogens with one attached hydrogen (secondary N) is 1. The lowest BCUT2D eigenvalue weighted by Gasteiger charge is -2.23. The molecule has 1 fully saturated rings. The summed E-state index contributed by atoms with van der Waals surface area (Å²) in [4.78, 5) is 10.7. The summed E-state index contributed by atoms with van der Waals surface area (Å²) < 4.78 is 11.0. The molecule has 7 heteroatoms. The minimum absolute atomic E-state index is 0.0274. The van der Waals surface area contributed by atoms with Crippen molar-refractivity contribution in [2.45, 2.75) is 18.9 Å². The molecule has 1 saturated heterocycles. The monoisotopic (exact) mass is 263 g/mol. The Kier molecular flexibility index (Phi) is 3.04. The van der Waals surface area contributed by atoms with Crippen molar-refractivity contribution in [1.82, 2.24) is 10.2 Å². The number of hydrogen-bond acceptors (Lipinski definition) is 5. The third kappa shape index (κ3) is 2.37. The van der Waals surface area contributed by atoms with Crippen molar-refractivity contribution in [1.29, 1.82) is 0 Å². The summed E-state index contributed by atoms with van der Waals surface area (Å²) in [5.41, 5.74) is 0.702. The molecule has 1 aromatic carbocycles. The number of hydrogen-bond donors (Lipinski definition) is 1. The average molecular weight is 263 g/mol. The van der Waals surface area contributed by atoms with Gasteiger partial charge >= 0.3 is 5.69 Å². The summed E-state index contributed by atoms with van der Waals surface area (Å²) in [6, 6.07) is 3.11. The fourth-order valence-corrected chi connectivity index (χ4v) is 2.17. The molecular formula is C12H13N3O4. The van der Waals surface area contributed by atoms with E-state index in [0.29, 0.717) is 18.6 Å². The van der Waals surface area contributed by atoms with E-state index in [9.17, 15) is 10.1 Å². The van der Waals surface area contributed by atoms with Crippen LogP contribution in [0.25, 0.3) is 10.9 Å². The van der Waals surface area contributed by atoms with E-state index in [2.05, 4.69) is 10.2 Å². The van der Waals surface area contributed by atoms with Crippen LogP contribution in [0.1, 0.15) is 12.8 Å². The molecule has 1 N–H and O–H groups in total. The molecule has 19 heavy (non-hydrogen) atoms. The molecule has 2 aromatic rings. The quantitative estimate of drug-likeness (QED) is 0.675. The maximum atomic E-state index is 11.1. The van der Waals surface area contributed by atoms with Crippen LogP contribution in [-0.2, 0) is 4.74 Å². The van der Waals surface area contributed by atoms with E-state index in [1.165, 1.54) is 6.07 Å². The van der Waals surface area contributed by atoms with Gasteiger partial charge in [0.1, 0.15) is 6.10 Å². The highest BCUT2D eigenvalue weighted by molar-refractivity contribution is 5.83. The maximum Gasteiger partial charge on any atom is 0.311 e. The fourth-order valence-electron chi connectivity index (χ4n) is 2.17. The van der Waals surface area contributed by atoms with E-state index in [4.69, 9.17) is 9.47 Å². The summed E-state index contributed by atoms with van der Waals surface area (Å²) in [6.07, 6.45) is 3.02. The second-order valence-corrected chi connectivity index (χ2v) is 4.46. The first-order chi connectivity index (χ1) is 9.24. The van der Waals surface area contributed by atoms with Crippen molar-refractivity contribution in [2.24, 2.45) is 0 Å². The van der Waals surface area contributed by atoms with Gasteiger partial charge in [-0.25, -0.2) is 0 Å². The van der Waals surface area contributed by atoms with Crippen LogP contribution in [0.15, 0.2) is 18.3 Å². The van der Waals surface area contributed by atoms with Crippen LogP contribution in [0, 0.1) is 10.1 Å². The lowest BCUT2D eigenvalue weighted by molar-refractivity contribution is -0.386. The number of rotatable bonds is 3. The number of nitrogens with zero attached hydrogens (tertiary/aromatic N) is 2. The zero-order valence-corrected chi connectivity index (χ0v) is 10.2. The van der Waals surface area contributed by atoms with E-state index in [1.807, 2.05) is 0 Å². The third-order valence-electron chi connectivity index (χ3n) is 3.18. The van der Waals surface area contributed by atoms with E-state index in [1.54, 1.807) is 12.3 Å². The number of benzene rings is 1. The van der Waals surface area contributed by atoms with Gasteiger partial charge in [-0.15, -0.1) is 0 Å². The Morgan fingerprint density at radius 3 is 2.95 bits per heavy atom. The van der Waals surface area contributed by atoms with Gasteiger partial charge < -0.3 is 9.47 Å². The number of nitro groups is 1. The fraction of sp³-hybridized carbons (Fsp3) is 0.417. The molecule has 0 amide bonds. The molecular weight excluding hydrogens is 250 g/mol. The predicted octanol–water partition coefficient (Wildman–Crippen LogP) is 2.03. The van der Waals surface area contributed by atoms with Crippen LogP contribution >= 0.6 is 0 Å². The van der Waals surface area contributed by atoms with Crippen LogP contribution in [0.5, 0.6) is 5.75 Å². The van der Waals surface area contributed by atoms with Crippen molar-refractivity contribution in [3.8, 4) is 5.75 Å². The lowest BCUT2D eigenvalue weighted by Crippen LogP contribution is -2.26. The topological polar surface area (TPSA) is 90.3 Å². The van der Waals surface area contributed by atoms with E-state index >= 15 is 0 Å². The summed E-state index contributed by atoms with van der Waals surface area (Å²) in [7, 11) is 0. The zero-order chi connectivity index (χ0) is 13.2. The van der Waals surface area contributed by atoms with Crippen molar-refractivity contribution < 1.29 is 14.4 Å².